The molecule has 21 heavy (non-hydrogen) atoms. The minimum absolute atomic E-state index is 0.121. The van der Waals surface area contributed by atoms with Crippen molar-refractivity contribution >= 4 is 17.3 Å². The molecule has 0 unspecified atom stereocenters. The maximum Gasteiger partial charge on any atom is 0.272 e. The summed E-state index contributed by atoms with van der Waals surface area (Å²) in [5.74, 6) is -0.121. The Hall–Kier alpha value is -2.23. The summed E-state index contributed by atoms with van der Waals surface area (Å²) in [5.41, 5.74) is 9.05. The lowest BCUT2D eigenvalue weighted by Gasteiger charge is -2.14. The van der Waals surface area contributed by atoms with E-state index in [2.05, 4.69) is 18.3 Å². The summed E-state index contributed by atoms with van der Waals surface area (Å²) in [5, 5.41) is 3.00. The number of rotatable bonds is 5. The molecule has 1 aromatic heterocycles. The number of benzene rings is 1. The van der Waals surface area contributed by atoms with Gasteiger partial charge in [-0.05, 0) is 38.0 Å². The predicted molar refractivity (Wildman–Crippen MR) is 87.6 cm³/mol. The number of nitrogens with one attached hydrogen (secondary N) is 1. The molecule has 0 saturated heterocycles. The van der Waals surface area contributed by atoms with Gasteiger partial charge in [-0.2, -0.15) is 0 Å². The number of nitrogen functional groups attached to an aromatic ring is 1. The summed E-state index contributed by atoms with van der Waals surface area (Å²) in [6.07, 6.45) is 3.80. The van der Waals surface area contributed by atoms with Crippen LogP contribution in [-0.2, 0) is 6.42 Å². The molecule has 0 aliphatic carbocycles. The fraction of sp³-hybridized carbons (Fsp3) is 0.353. The molecule has 0 aliphatic rings. The number of nitrogens with two attached hydrogens (primary N) is 1. The van der Waals surface area contributed by atoms with Crippen molar-refractivity contribution in [2.75, 3.05) is 11.1 Å². The first-order chi connectivity index (χ1) is 10.0. The Morgan fingerprint density at radius 2 is 2.05 bits per heavy atom. The SMILES string of the molecule is CCCc1ccccc1NC(=O)c1cc(N)cn1C(C)C. The van der Waals surface area contributed by atoms with E-state index in [9.17, 15) is 4.79 Å². The molecule has 1 amide bonds. The third-order valence-electron chi connectivity index (χ3n) is 3.44. The van der Waals surface area contributed by atoms with Crippen LogP contribution in [0.15, 0.2) is 36.5 Å². The summed E-state index contributed by atoms with van der Waals surface area (Å²) < 4.78 is 1.90. The number of aromatic nitrogens is 1. The van der Waals surface area contributed by atoms with E-state index in [4.69, 9.17) is 5.73 Å². The fourth-order valence-corrected chi connectivity index (χ4v) is 2.43. The van der Waals surface area contributed by atoms with Gasteiger partial charge >= 0.3 is 0 Å². The van der Waals surface area contributed by atoms with Gasteiger partial charge in [0.15, 0.2) is 0 Å². The summed E-state index contributed by atoms with van der Waals surface area (Å²) >= 11 is 0. The lowest BCUT2D eigenvalue weighted by molar-refractivity contribution is 0.101. The van der Waals surface area contributed by atoms with Crippen molar-refractivity contribution in [2.45, 2.75) is 39.7 Å². The molecular formula is C17H23N3O. The maximum absolute atomic E-state index is 12.5. The molecule has 0 spiro atoms. The van der Waals surface area contributed by atoms with Gasteiger partial charge in [-0.25, -0.2) is 0 Å². The Bertz CT molecular complexity index is 629. The topological polar surface area (TPSA) is 60.1 Å². The van der Waals surface area contributed by atoms with E-state index in [1.807, 2.05) is 36.6 Å². The van der Waals surface area contributed by atoms with Gasteiger partial charge in [-0.15, -0.1) is 0 Å². The van der Waals surface area contributed by atoms with Gasteiger partial charge in [0.2, 0.25) is 0 Å². The van der Waals surface area contributed by atoms with Gasteiger partial charge in [0.1, 0.15) is 5.69 Å². The number of aryl methyl sites for hydroxylation is 1. The van der Waals surface area contributed by atoms with Crippen LogP contribution in [0.1, 0.15) is 49.3 Å². The Kier molecular flexibility index (Phi) is 4.68. The monoisotopic (exact) mass is 285 g/mol. The third kappa shape index (κ3) is 3.45. The Balaban J connectivity index is 2.26. The zero-order chi connectivity index (χ0) is 15.4. The molecule has 0 aliphatic heterocycles. The molecule has 4 nitrogen and oxygen atoms in total. The Morgan fingerprint density at radius 1 is 1.33 bits per heavy atom. The minimum atomic E-state index is -0.121. The number of nitrogens with zero attached hydrogens (tertiary/aromatic N) is 1. The van der Waals surface area contributed by atoms with Gasteiger partial charge < -0.3 is 15.6 Å². The smallest absolute Gasteiger partial charge is 0.272 e. The zero-order valence-electron chi connectivity index (χ0n) is 12.9. The van der Waals surface area contributed by atoms with Crippen LogP contribution in [0.4, 0.5) is 11.4 Å². The van der Waals surface area contributed by atoms with E-state index < -0.39 is 0 Å². The molecule has 0 saturated carbocycles. The molecule has 0 radical (unpaired) electrons. The van der Waals surface area contributed by atoms with Crippen LogP contribution in [0.2, 0.25) is 0 Å². The van der Waals surface area contributed by atoms with Crippen molar-refractivity contribution in [1.29, 1.82) is 0 Å². The van der Waals surface area contributed by atoms with E-state index >= 15 is 0 Å². The van der Waals surface area contributed by atoms with Crippen molar-refractivity contribution in [1.82, 2.24) is 4.57 Å². The molecule has 1 aromatic carbocycles. The standard InChI is InChI=1S/C17H23N3O/c1-4-7-13-8-5-6-9-15(13)19-17(21)16-10-14(18)11-20(16)12(2)3/h5-6,8-12H,4,7,18H2,1-3H3,(H,19,21). The molecule has 2 rings (SSSR count). The van der Waals surface area contributed by atoms with Gasteiger partial charge in [-0.3, -0.25) is 4.79 Å². The van der Waals surface area contributed by atoms with Crippen molar-refractivity contribution in [2.24, 2.45) is 0 Å². The lowest BCUT2D eigenvalue weighted by Crippen LogP contribution is -2.18. The Labute approximate surface area is 126 Å². The molecule has 1 heterocycles. The summed E-state index contributed by atoms with van der Waals surface area (Å²) in [6.45, 7) is 6.19. The lowest BCUT2D eigenvalue weighted by atomic mass is 10.1. The largest absolute Gasteiger partial charge is 0.397 e. The second-order valence-electron chi connectivity index (χ2n) is 5.52. The molecular weight excluding hydrogens is 262 g/mol. The number of amides is 1. The van der Waals surface area contributed by atoms with Crippen molar-refractivity contribution in [3.05, 3.63) is 47.8 Å². The van der Waals surface area contributed by atoms with E-state index in [0.29, 0.717) is 11.4 Å². The highest BCUT2D eigenvalue weighted by atomic mass is 16.1. The Morgan fingerprint density at radius 3 is 2.71 bits per heavy atom. The predicted octanol–water partition coefficient (Wildman–Crippen LogP) is 3.86. The van der Waals surface area contributed by atoms with E-state index in [1.54, 1.807) is 12.3 Å². The fourth-order valence-electron chi connectivity index (χ4n) is 2.43. The van der Waals surface area contributed by atoms with Crippen LogP contribution in [0.25, 0.3) is 0 Å². The van der Waals surface area contributed by atoms with Crippen LogP contribution >= 0.6 is 0 Å². The van der Waals surface area contributed by atoms with Gasteiger partial charge in [0.25, 0.3) is 5.91 Å². The zero-order valence-corrected chi connectivity index (χ0v) is 12.9. The highest BCUT2D eigenvalue weighted by Crippen LogP contribution is 2.21. The normalized spacial score (nSPS) is 10.9. The number of para-hydroxylation sites is 1. The quantitative estimate of drug-likeness (QED) is 0.876. The van der Waals surface area contributed by atoms with Crippen molar-refractivity contribution in [3.8, 4) is 0 Å². The van der Waals surface area contributed by atoms with Crippen LogP contribution in [-0.4, -0.2) is 10.5 Å². The average molecular weight is 285 g/mol. The first kappa shape index (κ1) is 15.2. The summed E-state index contributed by atoms with van der Waals surface area (Å²) in [6, 6.07) is 9.83. The minimum Gasteiger partial charge on any atom is -0.397 e. The average Bonchev–Trinajstić information content (AvgIpc) is 2.84. The van der Waals surface area contributed by atoms with Gasteiger partial charge in [0, 0.05) is 17.9 Å². The van der Waals surface area contributed by atoms with E-state index in [-0.39, 0.29) is 11.9 Å². The molecule has 0 atom stereocenters. The van der Waals surface area contributed by atoms with E-state index in [1.165, 1.54) is 0 Å². The number of hydrogen-bond donors (Lipinski definition) is 2. The molecule has 4 heteroatoms. The second-order valence-corrected chi connectivity index (χ2v) is 5.52. The number of carbonyl (C=O) groups is 1. The molecule has 3 N–H and O–H groups in total. The van der Waals surface area contributed by atoms with E-state index in [0.717, 1.165) is 24.1 Å². The van der Waals surface area contributed by atoms with Crippen molar-refractivity contribution in [3.63, 3.8) is 0 Å². The van der Waals surface area contributed by atoms with Crippen LogP contribution < -0.4 is 11.1 Å². The molecule has 2 aromatic rings. The highest BCUT2D eigenvalue weighted by Gasteiger charge is 2.15. The summed E-state index contributed by atoms with van der Waals surface area (Å²) in [4.78, 5) is 12.5. The summed E-state index contributed by atoms with van der Waals surface area (Å²) in [7, 11) is 0. The van der Waals surface area contributed by atoms with Crippen molar-refractivity contribution < 1.29 is 4.79 Å². The first-order valence-corrected chi connectivity index (χ1v) is 7.39. The molecule has 0 bridgehead atoms. The number of anilines is 2. The van der Waals surface area contributed by atoms with Crippen LogP contribution in [0.5, 0.6) is 0 Å². The number of hydrogen-bond acceptors (Lipinski definition) is 2. The molecule has 0 fully saturated rings. The second kappa shape index (κ2) is 6.48. The van der Waals surface area contributed by atoms with Crippen LogP contribution in [0.3, 0.4) is 0 Å². The molecule has 112 valence electrons. The van der Waals surface area contributed by atoms with Crippen LogP contribution in [0, 0.1) is 0 Å². The first-order valence-electron chi connectivity index (χ1n) is 7.39. The maximum atomic E-state index is 12.5. The third-order valence-corrected chi connectivity index (χ3v) is 3.44. The van der Waals surface area contributed by atoms with Gasteiger partial charge in [-0.1, -0.05) is 31.5 Å². The van der Waals surface area contributed by atoms with Gasteiger partial charge in [0.05, 0.1) is 5.69 Å². The number of carbonyl (C=O) groups excluding carboxylic acids is 1. The highest BCUT2D eigenvalue weighted by molar-refractivity contribution is 6.04.